The van der Waals surface area contributed by atoms with Gasteiger partial charge in [-0.15, -0.1) is 0 Å². The Labute approximate surface area is 155 Å². The predicted octanol–water partition coefficient (Wildman–Crippen LogP) is 3.45. The van der Waals surface area contributed by atoms with Crippen LogP contribution in [0.5, 0.6) is 0 Å². The number of allylic oxidation sites excluding steroid dienone is 1. The van der Waals surface area contributed by atoms with Crippen molar-refractivity contribution in [2.45, 2.75) is 13.8 Å². The molecule has 27 heavy (non-hydrogen) atoms. The summed E-state index contributed by atoms with van der Waals surface area (Å²) in [5.41, 5.74) is 1.15. The van der Waals surface area contributed by atoms with E-state index in [0.29, 0.717) is 16.6 Å². The first-order valence-corrected chi connectivity index (χ1v) is 9.81. The van der Waals surface area contributed by atoms with Gasteiger partial charge in [-0.3, -0.25) is 4.79 Å². The molecule has 5 nitrogen and oxygen atoms in total. The van der Waals surface area contributed by atoms with E-state index >= 15 is 0 Å². The first-order chi connectivity index (χ1) is 12.6. The third-order valence-electron chi connectivity index (χ3n) is 4.00. The van der Waals surface area contributed by atoms with Gasteiger partial charge in [0.15, 0.2) is 17.4 Å². The molecule has 0 saturated carbocycles. The third-order valence-corrected chi connectivity index (χ3v) is 5.13. The van der Waals surface area contributed by atoms with Crippen LogP contribution in [0.2, 0.25) is 0 Å². The molecule has 0 spiro atoms. The molecule has 0 radical (unpaired) electrons. The van der Waals surface area contributed by atoms with Crippen LogP contribution in [-0.2, 0) is 14.8 Å². The molecule has 0 atom stereocenters. The van der Waals surface area contributed by atoms with Gasteiger partial charge >= 0.3 is 0 Å². The molecule has 0 aliphatic rings. The number of hydrogen-bond acceptors (Lipinski definition) is 4. The second-order valence-corrected chi connectivity index (χ2v) is 7.99. The van der Waals surface area contributed by atoms with E-state index in [0.717, 1.165) is 16.3 Å². The molecule has 0 N–H and O–H groups in total. The molecule has 8 heteroatoms. The molecule has 0 fully saturated rings. The number of benzene rings is 2. The molecule has 1 heterocycles. The first-order valence-electron chi connectivity index (χ1n) is 7.96. The smallest absolute Gasteiger partial charge is 0.237 e. The van der Waals surface area contributed by atoms with Crippen LogP contribution in [0.3, 0.4) is 0 Å². The Morgan fingerprint density at radius 3 is 2.52 bits per heavy atom. The Morgan fingerprint density at radius 2 is 1.89 bits per heavy atom. The summed E-state index contributed by atoms with van der Waals surface area (Å²) in [7, 11) is -3.63. The number of hydrogen-bond donors (Lipinski definition) is 0. The maximum absolute atomic E-state index is 14.3. The standard InChI is InChI=1S/C19H16F2N2O3S/c1-11(24)9-15(14-5-4-6-16(20)19(14)21)13-7-8-17-18(10-13)23(12(2)22-17)27(3,25)26/h4-10H,1-3H3/b15-9-. The van der Waals surface area contributed by atoms with Crippen LogP contribution < -0.4 is 0 Å². The predicted molar refractivity (Wildman–Crippen MR) is 98.8 cm³/mol. The number of fused-ring (bicyclic) bond motifs is 1. The Hall–Kier alpha value is -2.87. The van der Waals surface area contributed by atoms with Gasteiger partial charge in [-0.05, 0) is 49.3 Å². The molecule has 3 aromatic rings. The lowest BCUT2D eigenvalue weighted by atomic mass is 9.96. The summed E-state index contributed by atoms with van der Waals surface area (Å²) in [6.07, 6.45) is 2.24. The number of carbonyl (C=O) groups excluding carboxylic acids is 1. The molecule has 3 rings (SSSR count). The van der Waals surface area contributed by atoms with Crippen molar-refractivity contribution in [3.63, 3.8) is 0 Å². The van der Waals surface area contributed by atoms with Gasteiger partial charge in [-0.25, -0.2) is 26.2 Å². The van der Waals surface area contributed by atoms with E-state index in [9.17, 15) is 22.0 Å². The highest BCUT2D eigenvalue weighted by Gasteiger charge is 2.19. The van der Waals surface area contributed by atoms with Crippen LogP contribution in [-0.4, -0.2) is 29.4 Å². The molecular formula is C19H16F2N2O3S. The second-order valence-electron chi connectivity index (χ2n) is 6.16. The number of aryl methyl sites for hydroxylation is 1. The minimum absolute atomic E-state index is 0.0910. The van der Waals surface area contributed by atoms with Gasteiger partial charge in [0.2, 0.25) is 10.0 Å². The van der Waals surface area contributed by atoms with Gasteiger partial charge in [0.05, 0.1) is 17.3 Å². The largest absolute Gasteiger partial charge is 0.295 e. The highest BCUT2D eigenvalue weighted by molar-refractivity contribution is 7.89. The fourth-order valence-corrected chi connectivity index (χ4v) is 4.02. The summed E-state index contributed by atoms with van der Waals surface area (Å²) in [6.45, 7) is 2.85. The second kappa shape index (κ2) is 6.70. The van der Waals surface area contributed by atoms with E-state index in [2.05, 4.69) is 4.98 Å². The average Bonchev–Trinajstić information content (AvgIpc) is 2.90. The number of imidazole rings is 1. The maximum Gasteiger partial charge on any atom is 0.237 e. The fourth-order valence-electron chi connectivity index (χ4n) is 2.99. The van der Waals surface area contributed by atoms with E-state index in [1.807, 2.05) is 0 Å². The SMILES string of the molecule is CC(=O)/C=C(/c1ccc2nc(C)n(S(C)(=O)=O)c2c1)c1cccc(F)c1F. The van der Waals surface area contributed by atoms with Crippen LogP contribution >= 0.6 is 0 Å². The van der Waals surface area contributed by atoms with Crippen molar-refractivity contribution < 1.29 is 22.0 Å². The molecule has 0 aliphatic heterocycles. The van der Waals surface area contributed by atoms with E-state index in [-0.39, 0.29) is 22.7 Å². The van der Waals surface area contributed by atoms with Gasteiger partial charge in [-0.2, -0.15) is 0 Å². The Morgan fingerprint density at radius 1 is 1.19 bits per heavy atom. The van der Waals surface area contributed by atoms with Gasteiger partial charge < -0.3 is 0 Å². The van der Waals surface area contributed by atoms with Crippen molar-refractivity contribution in [3.8, 4) is 0 Å². The Bertz CT molecular complexity index is 1210. The van der Waals surface area contributed by atoms with Gasteiger partial charge in [0.25, 0.3) is 0 Å². The highest BCUT2D eigenvalue weighted by Crippen LogP contribution is 2.30. The molecule has 1 aromatic heterocycles. The van der Waals surface area contributed by atoms with E-state index in [4.69, 9.17) is 0 Å². The van der Waals surface area contributed by atoms with Gasteiger partial charge in [0.1, 0.15) is 5.82 Å². The summed E-state index contributed by atoms with van der Waals surface area (Å²) >= 11 is 0. The number of aromatic nitrogens is 2. The van der Waals surface area contributed by atoms with Crippen LogP contribution in [0.15, 0.2) is 42.5 Å². The minimum atomic E-state index is -3.63. The summed E-state index contributed by atoms with van der Waals surface area (Å²) in [4.78, 5) is 15.9. The number of carbonyl (C=O) groups is 1. The van der Waals surface area contributed by atoms with Crippen molar-refractivity contribution in [2.75, 3.05) is 6.26 Å². The average molecular weight is 390 g/mol. The van der Waals surface area contributed by atoms with Crippen molar-refractivity contribution in [2.24, 2.45) is 0 Å². The first kappa shape index (κ1) is 18.9. The van der Waals surface area contributed by atoms with Crippen molar-refractivity contribution in [1.29, 1.82) is 0 Å². The Balaban J connectivity index is 2.33. The minimum Gasteiger partial charge on any atom is -0.295 e. The zero-order valence-electron chi connectivity index (χ0n) is 14.8. The summed E-state index contributed by atoms with van der Waals surface area (Å²) in [6, 6.07) is 8.33. The lowest BCUT2D eigenvalue weighted by molar-refractivity contribution is -0.112. The third kappa shape index (κ3) is 3.52. The van der Waals surface area contributed by atoms with Crippen LogP contribution in [0, 0.1) is 18.6 Å². The van der Waals surface area contributed by atoms with Crippen LogP contribution in [0.1, 0.15) is 23.9 Å². The van der Waals surface area contributed by atoms with Crippen molar-refractivity contribution >= 4 is 32.4 Å². The molecule has 0 saturated heterocycles. The lowest BCUT2D eigenvalue weighted by Crippen LogP contribution is -2.11. The highest BCUT2D eigenvalue weighted by atomic mass is 32.2. The fraction of sp³-hybridized carbons (Fsp3) is 0.158. The molecule has 0 bridgehead atoms. The van der Waals surface area contributed by atoms with Crippen molar-refractivity contribution in [3.05, 3.63) is 71.1 Å². The monoisotopic (exact) mass is 390 g/mol. The van der Waals surface area contributed by atoms with Gasteiger partial charge in [-0.1, -0.05) is 18.2 Å². The summed E-state index contributed by atoms with van der Waals surface area (Å²) in [5, 5.41) is 0. The zero-order valence-corrected chi connectivity index (χ0v) is 15.6. The molecule has 140 valence electrons. The maximum atomic E-state index is 14.3. The number of nitrogens with zero attached hydrogens (tertiary/aromatic N) is 2. The van der Waals surface area contributed by atoms with E-state index < -0.39 is 21.7 Å². The quantitative estimate of drug-likeness (QED) is 0.640. The molecule has 0 amide bonds. The van der Waals surface area contributed by atoms with Crippen LogP contribution in [0.25, 0.3) is 16.6 Å². The lowest BCUT2D eigenvalue weighted by Gasteiger charge is -2.11. The number of rotatable bonds is 4. The summed E-state index contributed by atoms with van der Waals surface area (Å²) in [5.74, 6) is -2.21. The van der Waals surface area contributed by atoms with Crippen molar-refractivity contribution in [1.82, 2.24) is 8.96 Å². The normalized spacial score (nSPS) is 12.6. The number of ketones is 1. The molecule has 2 aromatic carbocycles. The molecule has 0 unspecified atom stereocenters. The topological polar surface area (TPSA) is 69.0 Å². The molecular weight excluding hydrogens is 374 g/mol. The number of halogens is 2. The van der Waals surface area contributed by atoms with E-state index in [1.54, 1.807) is 19.1 Å². The summed E-state index contributed by atoms with van der Waals surface area (Å²) < 4.78 is 53.3. The van der Waals surface area contributed by atoms with Crippen LogP contribution in [0.4, 0.5) is 8.78 Å². The van der Waals surface area contributed by atoms with Gasteiger partial charge in [0, 0.05) is 5.56 Å². The zero-order chi connectivity index (χ0) is 19.9. The Kier molecular flexibility index (Phi) is 4.69. The molecule has 0 aliphatic carbocycles. The van der Waals surface area contributed by atoms with E-state index in [1.165, 1.54) is 31.2 Å².